The number of benzene rings is 1. The van der Waals surface area contributed by atoms with Crippen molar-refractivity contribution in [3.8, 4) is 0 Å². The minimum Gasteiger partial charge on any atom is -0.367 e. The maximum Gasteiger partial charge on any atom is 0.147 e. The van der Waals surface area contributed by atoms with Crippen LogP contribution in [0.2, 0.25) is 0 Å². The van der Waals surface area contributed by atoms with Gasteiger partial charge in [0, 0.05) is 12.7 Å². The largest absolute Gasteiger partial charge is 0.367 e. The van der Waals surface area contributed by atoms with E-state index in [-0.39, 0.29) is 0 Å². The van der Waals surface area contributed by atoms with Gasteiger partial charge in [0.15, 0.2) is 0 Å². The molecule has 0 spiro atoms. The number of nitrogens with one attached hydrogen (secondary N) is 1. The Morgan fingerprint density at radius 3 is 2.38 bits per heavy atom. The molecular weight excluding hydrogens is 260 g/mol. The fraction of sp³-hybridized carbons (Fsp3) is 0.412. The number of likely N-dealkylation sites (N-methyl/N-ethyl adjacent to an activating group) is 1. The third-order valence-electron chi connectivity index (χ3n) is 3.62. The molecule has 2 aromatic rings. The second kappa shape index (κ2) is 6.68. The van der Waals surface area contributed by atoms with Gasteiger partial charge in [-0.2, -0.15) is 0 Å². The highest BCUT2D eigenvalue weighted by Crippen LogP contribution is 2.20. The third kappa shape index (κ3) is 4.02. The van der Waals surface area contributed by atoms with E-state index in [0.29, 0.717) is 6.04 Å². The highest BCUT2D eigenvalue weighted by Gasteiger charge is 2.14. The number of rotatable bonds is 5. The van der Waals surface area contributed by atoms with Gasteiger partial charge in [0.1, 0.15) is 5.82 Å². The van der Waals surface area contributed by atoms with E-state index >= 15 is 0 Å². The van der Waals surface area contributed by atoms with Crippen LogP contribution in [0.4, 0.5) is 5.82 Å². The molecule has 1 unspecified atom stereocenters. The SMILES string of the molecule is Cc1ccc(C(CNc2nc(C)cnc2C)N(C)C)cc1. The minimum atomic E-state index is 0.298. The Bertz CT molecular complexity index is 590. The van der Waals surface area contributed by atoms with Gasteiger partial charge in [0.05, 0.1) is 17.4 Å². The van der Waals surface area contributed by atoms with E-state index in [1.54, 1.807) is 6.20 Å². The molecule has 1 N–H and O–H groups in total. The van der Waals surface area contributed by atoms with Gasteiger partial charge in [-0.1, -0.05) is 29.8 Å². The van der Waals surface area contributed by atoms with Crippen molar-refractivity contribution in [3.63, 3.8) is 0 Å². The van der Waals surface area contributed by atoms with E-state index in [1.165, 1.54) is 11.1 Å². The molecule has 2 rings (SSSR count). The van der Waals surface area contributed by atoms with Gasteiger partial charge < -0.3 is 10.2 Å². The molecule has 1 aromatic carbocycles. The number of hydrogen-bond acceptors (Lipinski definition) is 4. The van der Waals surface area contributed by atoms with E-state index in [4.69, 9.17) is 0 Å². The molecular formula is C17H24N4. The van der Waals surface area contributed by atoms with Crippen molar-refractivity contribution in [1.29, 1.82) is 0 Å². The fourth-order valence-electron chi connectivity index (χ4n) is 2.29. The summed E-state index contributed by atoms with van der Waals surface area (Å²) in [5, 5.41) is 3.43. The Morgan fingerprint density at radius 2 is 1.76 bits per heavy atom. The Hall–Kier alpha value is -1.94. The molecule has 0 radical (unpaired) electrons. The first kappa shape index (κ1) is 15.4. The fourth-order valence-corrected chi connectivity index (χ4v) is 2.29. The highest BCUT2D eigenvalue weighted by atomic mass is 15.1. The van der Waals surface area contributed by atoms with Crippen LogP contribution in [0.25, 0.3) is 0 Å². The monoisotopic (exact) mass is 284 g/mol. The Kier molecular flexibility index (Phi) is 4.91. The van der Waals surface area contributed by atoms with Gasteiger partial charge in [-0.05, 0) is 40.4 Å². The molecule has 4 nitrogen and oxygen atoms in total. The zero-order chi connectivity index (χ0) is 15.4. The summed E-state index contributed by atoms with van der Waals surface area (Å²) < 4.78 is 0. The summed E-state index contributed by atoms with van der Waals surface area (Å²) in [6, 6.07) is 8.99. The number of aryl methyl sites for hydroxylation is 3. The van der Waals surface area contributed by atoms with E-state index in [0.717, 1.165) is 23.8 Å². The van der Waals surface area contributed by atoms with Crippen molar-refractivity contribution in [2.24, 2.45) is 0 Å². The van der Waals surface area contributed by atoms with Crippen LogP contribution in [0, 0.1) is 20.8 Å². The number of anilines is 1. The summed E-state index contributed by atoms with van der Waals surface area (Å²) in [6.45, 7) is 6.85. The lowest BCUT2D eigenvalue weighted by atomic mass is 10.0. The average Bonchev–Trinajstić information content (AvgIpc) is 2.44. The second-order valence-corrected chi connectivity index (χ2v) is 5.72. The van der Waals surface area contributed by atoms with Crippen LogP contribution in [-0.4, -0.2) is 35.5 Å². The predicted octanol–water partition coefficient (Wildman–Crippen LogP) is 3.12. The van der Waals surface area contributed by atoms with E-state index < -0.39 is 0 Å². The normalized spacial score (nSPS) is 12.5. The standard InChI is InChI=1S/C17H24N4/c1-12-6-8-15(9-7-12)16(21(4)5)11-19-17-14(3)18-10-13(2)20-17/h6-10,16H,11H2,1-5H3,(H,19,20). The van der Waals surface area contributed by atoms with Gasteiger partial charge in [-0.3, -0.25) is 4.98 Å². The van der Waals surface area contributed by atoms with Crippen LogP contribution in [0.15, 0.2) is 30.5 Å². The Morgan fingerprint density at radius 1 is 1.10 bits per heavy atom. The molecule has 0 fully saturated rings. The molecule has 1 aromatic heterocycles. The molecule has 0 saturated carbocycles. The zero-order valence-corrected chi connectivity index (χ0v) is 13.5. The molecule has 0 saturated heterocycles. The first-order valence-corrected chi connectivity index (χ1v) is 7.24. The quantitative estimate of drug-likeness (QED) is 0.916. The second-order valence-electron chi connectivity index (χ2n) is 5.72. The first-order valence-electron chi connectivity index (χ1n) is 7.24. The Labute approximate surface area is 127 Å². The van der Waals surface area contributed by atoms with Gasteiger partial charge in [-0.25, -0.2) is 4.98 Å². The first-order chi connectivity index (χ1) is 9.97. The molecule has 1 heterocycles. The minimum absolute atomic E-state index is 0.298. The van der Waals surface area contributed by atoms with Crippen LogP contribution in [0.3, 0.4) is 0 Å². The summed E-state index contributed by atoms with van der Waals surface area (Å²) in [5.41, 5.74) is 4.45. The summed E-state index contributed by atoms with van der Waals surface area (Å²) in [4.78, 5) is 11.1. The van der Waals surface area contributed by atoms with Crippen LogP contribution in [-0.2, 0) is 0 Å². The third-order valence-corrected chi connectivity index (χ3v) is 3.62. The van der Waals surface area contributed by atoms with Crippen molar-refractivity contribution < 1.29 is 0 Å². The molecule has 4 heteroatoms. The van der Waals surface area contributed by atoms with Gasteiger partial charge in [0.2, 0.25) is 0 Å². The highest BCUT2D eigenvalue weighted by molar-refractivity contribution is 5.40. The maximum absolute atomic E-state index is 4.52. The predicted molar refractivity (Wildman–Crippen MR) is 87.6 cm³/mol. The van der Waals surface area contributed by atoms with Crippen molar-refractivity contribution in [2.45, 2.75) is 26.8 Å². The van der Waals surface area contributed by atoms with Gasteiger partial charge in [-0.15, -0.1) is 0 Å². The maximum atomic E-state index is 4.52. The molecule has 1 atom stereocenters. The smallest absolute Gasteiger partial charge is 0.147 e. The van der Waals surface area contributed by atoms with Crippen LogP contribution in [0.5, 0.6) is 0 Å². The molecule has 0 aliphatic heterocycles. The van der Waals surface area contributed by atoms with E-state index in [1.807, 2.05) is 13.8 Å². The van der Waals surface area contributed by atoms with Gasteiger partial charge >= 0.3 is 0 Å². The molecule has 21 heavy (non-hydrogen) atoms. The molecule has 0 bridgehead atoms. The van der Waals surface area contributed by atoms with E-state index in [9.17, 15) is 0 Å². The summed E-state index contributed by atoms with van der Waals surface area (Å²) >= 11 is 0. The van der Waals surface area contributed by atoms with Crippen molar-refractivity contribution >= 4 is 5.82 Å². The van der Waals surface area contributed by atoms with Crippen molar-refractivity contribution in [3.05, 3.63) is 53.0 Å². The Balaban J connectivity index is 2.13. The van der Waals surface area contributed by atoms with Crippen molar-refractivity contribution in [2.75, 3.05) is 26.0 Å². The molecule has 112 valence electrons. The number of aromatic nitrogens is 2. The number of nitrogens with zero attached hydrogens (tertiary/aromatic N) is 3. The van der Waals surface area contributed by atoms with Crippen molar-refractivity contribution in [1.82, 2.24) is 14.9 Å². The average molecular weight is 284 g/mol. The topological polar surface area (TPSA) is 41.1 Å². The lowest BCUT2D eigenvalue weighted by Crippen LogP contribution is -2.27. The summed E-state index contributed by atoms with van der Waals surface area (Å²) in [7, 11) is 4.20. The van der Waals surface area contributed by atoms with Crippen LogP contribution >= 0.6 is 0 Å². The molecule has 0 aliphatic carbocycles. The molecule has 0 amide bonds. The van der Waals surface area contributed by atoms with Gasteiger partial charge in [0.25, 0.3) is 0 Å². The lowest BCUT2D eigenvalue weighted by molar-refractivity contribution is 0.311. The summed E-state index contributed by atoms with van der Waals surface area (Å²) in [5.74, 6) is 0.869. The lowest BCUT2D eigenvalue weighted by Gasteiger charge is -2.25. The molecule has 0 aliphatic rings. The van der Waals surface area contributed by atoms with E-state index in [2.05, 4.69) is 65.5 Å². The summed E-state index contributed by atoms with van der Waals surface area (Å²) in [6.07, 6.45) is 1.80. The van der Waals surface area contributed by atoms with Crippen LogP contribution < -0.4 is 5.32 Å². The zero-order valence-electron chi connectivity index (χ0n) is 13.5. The van der Waals surface area contributed by atoms with Crippen LogP contribution in [0.1, 0.15) is 28.6 Å². The number of hydrogen-bond donors (Lipinski definition) is 1.